The first-order valence-electron chi connectivity index (χ1n) is 16.9. The van der Waals surface area contributed by atoms with E-state index in [-0.39, 0.29) is 22.7 Å². The summed E-state index contributed by atoms with van der Waals surface area (Å²) in [6, 6.07) is 11.4. The number of allylic oxidation sites excluding steroid dienone is 12. The fraction of sp³-hybridized carbons (Fsp3) is 0.310. The molecule has 1 fully saturated rings. The summed E-state index contributed by atoms with van der Waals surface area (Å²) in [6.45, 7) is 0. The van der Waals surface area contributed by atoms with Crippen LogP contribution in [0.5, 0.6) is 0 Å². The molecule has 208 valence electrons. The van der Waals surface area contributed by atoms with E-state index >= 15 is 0 Å². The van der Waals surface area contributed by atoms with Gasteiger partial charge in [-0.2, -0.15) is 0 Å². The Bertz CT molecular complexity index is 2370. The normalized spacial score (nSPS) is 39.8. The highest BCUT2D eigenvalue weighted by atomic mass is 16.4. The second-order valence-corrected chi connectivity index (χ2v) is 15.8. The zero-order valence-corrected chi connectivity index (χ0v) is 24.2. The van der Waals surface area contributed by atoms with Gasteiger partial charge in [-0.05, 0) is 115 Å². The topological polar surface area (TPSA) is 37.3 Å². The van der Waals surface area contributed by atoms with Crippen LogP contribution in [0.4, 0.5) is 0 Å². The number of fused-ring (bicyclic) bond motifs is 2. The van der Waals surface area contributed by atoms with Crippen molar-refractivity contribution in [2.24, 2.45) is 17.3 Å². The molecule has 0 amide bonds. The van der Waals surface area contributed by atoms with Gasteiger partial charge in [0.25, 0.3) is 0 Å². The minimum absolute atomic E-state index is 0.0661. The highest BCUT2D eigenvalue weighted by molar-refractivity contribution is 6.20. The van der Waals surface area contributed by atoms with Crippen LogP contribution in [0.2, 0.25) is 0 Å². The standard InChI is InChI=1S/C42H28O2/c43-27(44)7-4-9-41(23-5-2-1-3-6-23)40-10-8-19-14-21-16-25-24-12-18-11-20-15-22(17-40)30-28(20)33-26(13-18)31(24)34-32(25)29(21)36-37(35(33)34)39(30)42(40,41)38(19)36/h1-3,5-6,8,10-12,14,16-17,19,24,26,31,38H,4,7,9,13,15H2,(H,43,44). The molecule has 2 nitrogen and oxygen atoms in total. The molecule has 0 radical (unpaired) electrons. The minimum atomic E-state index is -0.675. The van der Waals surface area contributed by atoms with E-state index in [1.54, 1.807) is 77.6 Å². The van der Waals surface area contributed by atoms with Crippen molar-refractivity contribution in [1.29, 1.82) is 0 Å². The Morgan fingerprint density at radius 2 is 1.84 bits per heavy atom. The van der Waals surface area contributed by atoms with E-state index < -0.39 is 5.97 Å². The third-order valence-corrected chi connectivity index (χ3v) is 15.0. The Morgan fingerprint density at radius 3 is 2.73 bits per heavy atom. The summed E-state index contributed by atoms with van der Waals surface area (Å²) in [6.07, 6.45) is 22.7. The molecule has 44 heavy (non-hydrogen) atoms. The molecule has 2 bridgehead atoms. The number of hydrogen-bond acceptors (Lipinski definition) is 1. The molecule has 3 aromatic carbocycles. The molecule has 11 aliphatic rings. The number of carboxylic acids is 1. The van der Waals surface area contributed by atoms with Crippen LogP contribution < -0.4 is 0 Å². The molecular formula is C42H28O2. The molecular weight excluding hydrogens is 536 g/mol. The molecule has 1 spiro atoms. The van der Waals surface area contributed by atoms with Gasteiger partial charge in [-0.15, -0.1) is 0 Å². The average Bonchev–Trinajstić information content (AvgIpc) is 3.59. The maximum absolute atomic E-state index is 12.0. The fourth-order valence-electron chi connectivity index (χ4n) is 14.5. The molecule has 2 heteroatoms. The van der Waals surface area contributed by atoms with E-state index in [1.807, 2.05) is 0 Å². The van der Waals surface area contributed by atoms with Crippen LogP contribution in [0, 0.1) is 17.3 Å². The summed E-state index contributed by atoms with van der Waals surface area (Å²) in [5.74, 6) is 1.84. The van der Waals surface area contributed by atoms with Crippen molar-refractivity contribution in [1.82, 2.24) is 0 Å². The molecule has 0 heterocycles. The van der Waals surface area contributed by atoms with Gasteiger partial charge >= 0.3 is 5.97 Å². The van der Waals surface area contributed by atoms with E-state index in [0.29, 0.717) is 36.0 Å². The number of aliphatic carboxylic acids is 1. The predicted molar refractivity (Wildman–Crippen MR) is 171 cm³/mol. The van der Waals surface area contributed by atoms with Crippen molar-refractivity contribution in [2.45, 2.75) is 60.7 Å². The smallest absolute Gasteiger partial charge is 0.303 e. The number of carboxylic acid groups (broad SMARTS) is 1. The summed E-state index contributed by atoms with van der Waals surface area (Å²) >= 11 is 0. The van der Waals surface area contributed by atoms with Crippen LogP contribution in [0.1, 0.15) is 99.9 Å². The van der Waals surface area contributed by atoms with E-state index in [0.717, 1.165) is 12.8 Å². The number of hydrogen-bond donors (Lipinski definition) is 1. The van der Waals surface area contributed by atoms with Crippen molar-refractivity contribution in [2.75, 3.05) is 0 Å². The SMILES string of the molecule is O=C(O)CCCC1(c2ccccc2)C23C=CC4C=C5C=C6c7c5c5c8c(c9c%10c%11c8c7C7C6C=C(C=C%10CC9=C2)CC%117)C31C54. The largest absolute Gasteiger partial charge is 0.481 e. The molecule has 0 aliphatic heterocycles. The lowest BCUT2D eigenvalue weighted by Gasteiger charge is -2.40. The van der Waals surface area contributed by atoms with Crippen molar-refractivity contribution >= 4 is 39.0 Å². The average molecular weight is 565 g/mol. The lowest BCUT2D eigenvalue weighted by molar-refractivity contribution is -0.137. The highest BCUT2D eigenvalue weighted by Crippen LogP contribution is 2.94. The van der Waals surface area contributed by atoms with Crippen molar-refractivity contribution in [3.8, 4) is 0 Å². The number of carbonyl (C=O) groups is 1. The molecule has 1 saturated carbocycles. The van der Waals surface area contributed by atoms with Crippen LogP contribution >= 0.6 is 0 Å². The monoisotopic (exact) mass is 564 g/mol. The zero-order chi connectivity index (χ0) is 28.2. The van der Waals surface area contributed by atoms with Gasteiger partial charge in [0.05, 0.1) is 0 Å². The molecule has 0 aromatic heterocycles. The third kappa shape index (κ3) is 1.64. The number of benzene rings is 3. The Kier molecular flexibility index (Phi) is 2.90. The molecule has 8 atom stereocenters. The zero-order valence-electron chi connectivity index (χ0n) is 24.2. The summed E-state index contributed by atoms with van der Waals surface area (Å²) < 4.78 is 0. The molecule has 1 N–H and O–H groups in total. The predicted octanol–water partition coefficient (Wildman–Crippen LogP) is 8.69. The van der Waals surface area contributed by atoms with Gasteiger partial charge in [0, 0.05) is 46.3 Å². The Morgan fingerprint density at radius 1 is 0.932 bits per heavy atom. The van der Waals surface area contributed by atoms with E-state index in [9.17, 15) is 9.90 Å². The Hall–Kier alpha value is -4.17. The maximum Gasteiger partial charge on any atom is 0.303 e. The lowest BCUT2D eigenvalue weighted by Crippen LogP contribution is -2.34. The minimum Gasteiger partial charge on any atom is -0.481 e. The summed E-state index contributed by atoms with van der Waals surface area (Å²) in [5.41, 5.74) is 22.2. The van der Waals surface area contributed by atoms with E-state index in [1.165, 1.54) is 17.6 Å². The van der Waals surface area contributed by atoms with Gasteiger partial charge in [-0.25, -0.2) is 0 Å². The van der Waals surface area contributed by atoms with Crippen LogP contribution in [0.3, 0.4) is 0 Å². The van der Waals surface area contributed by atoms with Crippen molar-refractivity contribution in [3.05, 3.63) is 129 Å². The van der Waals surface area contributed by atoms with Crippen molar-refractivity contribution in [3.63, 3.8) is 0 Å². The summed E-state index contributed by atoms with van der Waals surface area (Å²) in [7, 11) is 0. The number of rotatable bonds is 5. The molecule has 0 saturated heterocycles. The van der Waals surface area contributed by atoms with Gasteiger partial charge in [-0.1, -0.05) is 78.4 Å². The highest BCUT2D eigenvalue weighted by Gasteiger charge is 2.91. The van der Waals surface area contributed by atoms with Gasteiger partial charge in [0.1, 0.15) is 0 Å². The third-order valence-electron chi connectivity index (χ3n) is 15.0. The summed E-state index contributed by atoms with van der Waals surface area (Å²) in [5, 5.41) is 13.2. The van der Waals surface area contributed by atoms with Gasteiger partial charge in [-0.3, -0.25) is 4.79 Å². The molecule has 11 aliphatic carbocycles. The fourth-order valence-corrected chi connectivity index (χ4v) is 14.5. The second kappa shape index (κ2) is 5.93. The van der Waals surface area contributed by atoms with Crippen LogP contribution in [0.25, 0.3) is 33.1 Å². The van der Waals surface area contributed by atoms with E-state index in [2.05, 4.69) is 72.9 Å². The summed E-state index contributed by atoms with van der Waals surface area (Å²) in [4.78, 5) is 12.0. The quantitative estimate of drug-likeness (QED) is 0.315. The molecule has 8 unspecified atom stereocenters. The first-order valence-corrected chi connectivity index (χ1v) is 16.9. The van der Waals surface area contributed by atoms with Gasteiger partial charge in [0.15, 0.2) is 0 Å². The van der Waals surface area contributed by atoms with Gasteiger partial charge in [0.2, 0.25) is 0 Å². The Labute approximate surface area is 254 Å². The first-order chi connectivity index (χ1) is 21.6. The maximum atomic E-state index is 12.0. The lowest BCUT2D eigenvalue weighted by atomic mass is 9.62. The van der Waals surface area contributed by atoms with Crippen LogP contribution in [-0.2, 0) is 15.6 Å². The van der Waals surface area contributed by atoms with Crippen LogP contribution in [0.15, 0.2) is 78.4 Å². The van der Waals surface area contributed by atoms with Crippen molar-refractivity contribution < 1.29 is 9.90 Å². The second-order valence-electron chi connectivity index (χ2n) is 15.8. The van der Waals surface area contributed by atoms with E-state index in [4.69, 9.17) is 0 Å². The van der Waals surface area contributed by atoms with Gasteiger partial charge < -0.3 is 5.11 Å². The van der Waals surface area contributed by atoms with Crippen LogP contribution in [-0.4, -0.2) is 11.1 Å². The first kappa shape index (κ1) is 21.5. The molecule has 3 aromatic rings. The Balaban J connectivity index is 1.23. The molecule has 14 rings (SSSR count).